The average Bonchev–Trinajstić information content (AvgIpc) is 3.14. The van der Waals surface area contributed by atoms with Crippen LogP contribution in [0.2, 0.25) is 0 Å². The fourth-order valence-electron chi connectivity index (χ4n) is 2.53. The molecule has 15 heteroatoms. The lowest BCUT2D eigenvalue weighted by Crippen LogP contribution is -2.36. The van der Waals surface area contributed by atoms with E-state index >= 15 is 0 Å². The van der Waals surface area contributed by atoms with Crippen molar-refractivity contribution in [2.45, 2.75) is 17.0 Å². The fourth-order valence-corrected chi connectivity index (χ4v) is 5.20. The first-order valence-electron chi connectivity index (χ1n) is 8.61. The van der Waals surface area contributed by atoms with Crippen molar-refractivity contribution in [3.05, 3.63) is 30.6 Å². The van der Waals surface area contributed by atoms with Crippen molar-refractivity contribution in [3.63, 3.8) is 0 Å². The number of pyridine rings is 1. The lowest BCUT2D eigenvalue weighted by molar-refractivity contribution is 0.256. The molecule has 0 spiro atoms. The molecule has 0 atom stereocenters. The van der Waals surface area contributed by atoms with Crippen LogP contribution in [-0.2, 0) is 19.9 Å². The molecule has 0 saturated carbocycles. The summed E-state index contributed by atoms with van der Waals surface area (Å²) in [6.45, 7) is 1.35. The van der Waals surface area contributed by atoms with Crippen LogP contribution in [0.4, 0.5) is 10.7 Å². The minimum atomic E-state index is -4.67. The highest BCUT2D eigenvalue weighted by molar-refractivity contribution is 7.93. The molecule has 0 radical (unpaired) electrons. The largest absolute Gasteiger partial charge is 0.490 e. The van der Waals surface area contributed by atoms with Crippen LogP contribution in [0.3, 0.4) is 0 Å². The van der Waals surface area contributed by atoms with Crippen molar-refractivity contribution in [3.8, 4) is 11.6 Å². The van der Waals surface area contributed by atoms with Crippen LogP contribution in [0, 0.1) is 0 Å². The number of nitrogens with zero attached hydrogens (tertiary/aromatic N) is 4. The van der Waals surface area contributed by atoms with Gasteiger partial charge in [-0.1, -0.05) is 13.0 Å². The summed E-state index contributed by atoms with van der Waals surface area (Å²) in [5, 5.41) is 0.790. The SMILES string of the molecule is CCS(=O)(=O)c1nc2ccccn2c1S(=O)(=O)NC(=O)Nc1ncc(OC)c(OC)n1. The Morgan fingerprint density at radius 2 is 1.87 bits per heavy atom. The highest BCUT2D eigenvalue weighted by Crippen LogP contribution is 2.25. The summed E-state index contributed by atoms with van der Waals surface area (Å²) in [4.78, 5) is 23.9. The number of sulfonamides is 1. The standard InChI is InChI=1S/C16H18N6O7S2/c1-4-30(24,25)13-14(22-8-6-5-7-11(22)18-13)31(26,27)21-16(23)20-15-17-9-10(28-2)12(19-15)29-3/h5-9H,4H2,1-3H3,(H2,17,19,20,21,23). The van der Waals surface area contributed by atoms with Gasteiger partial charge in [0.2, 0.25) is 5.95 Å². The van der Waals surface area contributed by atoms with E-state index in [4.69, 9.17) is 9.47 Å². The van der Waals surface area contributed by atoms with E-state index in [-0.39, 0.29) is 29.0 Å². The second-order valence-corrected chi connectivity index (χ2v) is 9.68. The number of urea groups is 1. The summed E-state index contributed by atoms with van der Waals surface area (Å²) in [5.41, 5.74) is 0.0820. The zero-order valence-corrected chi connectivity index (χ0v) is 18.2. The number of methoxy groups -OCH3 is 2. The molecule has 0 unspecified atom stereocenters. The minimum Gasteiger partial charge on any atom is -0.490 e. The van der Waals surface area contributed by atoms with Gasteiger partial charge in [-0.15, -0.1) is 0 Å². The van der Waals surface area contributed by atoms with Gasteiger partial charge in [-0.3, -0.25) is 9.72 Å². The van der Waals surface area contributed by atoms with Gasteiger partial charge in [0, 0.05) is 6.20 Å². The minimum absolute atomic E-state index is 0.00812. The molecule has 2 amide bonds. The van der Waals surface area contributed by atoms with E-state index in [0.717, 1.165) is 4.40 Å². The van der Waals surface area contributed by atoms with Crippen LogP contribution in [0.1, 0.15) is 6.92 Å². The van der Waals surface area contributed by atoms with Gasteiger partial charge in [0.05, 0.1) is 26.2 Å². The van der Waals surface area contributed by atoms with Gasteiger partial charge in [-0.05, 0) is 12.1 Å². The number of carbonyl (C=O) groups is 1. The Labute approximate surface area is 177 Å². The Kier molecular flexibility index (Phi) is 5.99. The van der Waals surface area contributed by atoms with Gasteiger partial charge in [-0.2, -0.15) is 13.4 Å². The molecule has 3 aromatic rings. The van der Waals surface area contributed by atoms with Gasteiger partial charge in [0.15, 0.2) is 25.6 Å². The molecule has 2 N–H and O–H groups in total. The third-order valence-electron chi connectivity index (χ3n) is 3.97. The smallest absolute Gasteiger partial charge is 0.335 e. The van der Waals surface area contributed by atoms with E-state index in [1.54, 1.807) is 10.8 Å². The topological polar surface area (TPSA) is 171 Å². The number of fused-ring (bicyclic) bond motifs is 1. The zero-order valence-electron chi connectivity index (χ0n) is 16.6. The first kappa shape index (κ1) is 22.2. The van der Waals surface area contributed by atoms with Gasteiger partial charge in [-0.25, -0.2) is 27.9 Å². The summed E-state index contributed by atoms with van der Waals surface area (Å²) in [7, 11) is -6.01. The molecule has 31 heavy (non-hydrogen) atoms. The highest BCUT2D eigenvalue weighted by Gasteiger charge is 2.33. The Bertz CT molecular complexity index is 1350. The predicted molar refractivity (Wildman–Crippen MR) is 107 cm³/mol. The fraction of sp³-hybridized carbons (Fsp3) is 0.250. The van der Waals surface area contributed by atoms with Crippen LogP contribution >= 0.6 is 0 Å². The number of hydrogen-bond donors (Lipinski definition) is 2. The number of hydrogen-bond acceptors (Lipinski definition) is 10. The molecule has 0 aromatic carbocycles. The maximum Gasteiger partial charge on any atom is 0.335 e. The van der Waals surface area contributed by atoms with E-state index in [1.807, 2.05) is 0 Å². The molecular weight excluding hydrogens is 452 g/mol. The van der Waals surface area contributed by atoms with E-state index in [2.05, 4.69) is 20.3 Å². The highest BCUT2D eigenvalue weighted by atomic mass is 32.2. The van der Waals surface area contributed by atoms with Crippen molar-refractivity contribution in [2.24, 2.45) is 0 Å². The molecule has 3 aromatic heterocycles. The summed E-state index contributed by atoms with van der Waals surface area (Å²) < 4.78 is 63.5. The second-order valence-electron chi connectivity index (χ2n) is 5.89. The Morgan fingerprint density at radius 3 is 2.52 bits per heavy atom. The number of sulfone groups is 1. The van der Waals surface area contributed by atoms with E-state index in [9.17, 15) is 21.6 Å². The lowest BCUT2D eigenvalue weighted by atomic mass is 10.5. The molecule has 13 nitrogen and oxygen atoms in total. The third kappa shape index (κ3) is 4.36. The summed E-state index contributed by atoms with van der Waals surface area (Å²) in [6.07, 6.45) is 2.53. The third-order valence-corrected chi connectivity index (χ3v) is 7.09. The first-order chi connectivity index (χ1) is 14.6. The number of anilines is 1. The molecule has 166 valence electrons. The van der Waals surface area contributed by atoms with E-state index in [0.29, 0.717) is 0 Å². The van der Waals surface area contributed by atoms with Crippen molar-refractivity contribution < 1.29 is 31.1 Å². The van der Waals surface area contributed by atoms with Crippen molar-refractivity contribution in [2.75, 3.05) is 25.3 Å². The first-order valence-corrected chi connectivity index (χ1v) is 11.7. The molecule has 0 fully saturated rings. The molecule has 0 aliphatic rings. The summed E-state index contributed by atoms with van der Waals surface area (Å²) in [5.74, 6) is -0.453. The average molecular weight is 470 g/mol. The number of aromatic nitrogens is 4. The number of nitrogens with one attached hydrogen (secondary N) is 2. The number of carbonyl (C=O) groups excluding carboxylic acids is 1. The molecule has 0 saturated heterocycles. The second kappa shape index (κ2) is 8.35. The molecular formula is C16H18N6O7S2. The van der Waals surface area contributed by atoms with Crippen LogP contribution in [0.5, 0.6) is 11.6 Å². The molecule has 0 bridgehead atoms. The zero-order chi connectivity index (χ0) is 22.8. The van der Waals surface area contributed by atoms with E-state index < -0.39 is 35.9 Å². The van der Waals surface area contributed by atoms with Crippen molar-refractivity contribution in [1.82, 2.24) is 24.1 Å². The maximum absolute atomic E-state index is 12.9. The van der Waals surface area contributed by atoms with Gasteiger partial charge in [0.25, 0.3) is 15.9 Å². The molecule has 3 heterocycles. The Morgan fingerprint density at radius 1 is 1.13 bits per heavy atom. The normalized spacial score (nSPS) is 11.8. The van der Waals surface area contributed by atoms with Gasteiger partial charge < -0.3 is 9.47 Å². The summed E-state index contributed by atoms with van der Waals surface area (Å²) >= 11 is 0. The van der Waals surface area contributed by atoms with E-state index in [1.165, 1.54) is 45.7 Å². The molecule has 0 aliphatic carbocycles. The van der Waals surface area contributed by atoms with Crippen LogP contribution in [0.25, 0.3) is 5.65 Å². The van der Waals surface area contributed by atoms with Crippen LogP contribution in [0.15, 0.2) is 40.6 Å². The quantitative estimate of drug-likeness (QED) is 0.494. The summed E-state index contributed by atoms with van der Waals surface area (Å²) in [6, 6.07) is 3.27. The number of rotatable bonds is 7. The van der Waals surface area contributed by atoms with Gasteiger partial charge in [0.1, 0.15) is 5.65 Å². The van der Waals surface area contributed by atoms with Crippen LogP contribution < -0.4 is 19.5 Å². The predicted octanol–water partition coefficient (Wildman–Crippen LogP) is 0.445. The maximum atomic E-state index is 12.9. The van der Waals surface area contributed by atoms with Crippen LogP contribution in [-0.4, -0.2) is 62.2 Å². The molecule has 3 rings (SSSR count). The van der Waals surface area contributed by atoms with Crippen molar-refractivity contribution in [1.29, 1.82) is 0 Å². The molecule has 0 aliphatic heterocycles. The number of amides is 2. The monoisotopic (exact) mass is 470 g/mol. The Hall–Kier alpha value is -3.46. The Balaban J connectivity index is 1.97. The lowest BCUT2D eigenvalue weighted by Gasteiger charge is -2.10. The number of imidazole rings is 1. The number of ether oxygens (including phenoxy) is 2. The van der Waals surface area contributed by atoms with Gasteiger partial charge >= 0.3 is 6.03 Å². The van der Waals surface area contributed by atoms with Crippen molar-refractivity contribution >= 4 is 37.5 Å².